The minimum Gasteiger partial charge on any atom is -0.232 e. The molecule has 2 heterocycles. The number of amidine groups is 1. The lowest BCUT2D eigenvalue weighted by Crippen LogP contribution is -2.15. The number of aliphatic imine (C=N–C) groups is 2. The molecule has 0 spiro atoms. The number of benzene rings is 6. The van der Waals surface area contributed by atoms with Gasteiger partial charge in [-0.05, 0) is 75.3 Å². The number of hydrogen-bond acceptors (Lipinski definition) is 4. The predicted molar refractivity (Wildman–Crippen MR) is 203 cm³/mol. The van der Waals surface area contributed by atoms with Crippen LogP contribution in [0.1, 0.15) is 48.1 Å². The van der Waals surface area contributed by atoms with Crippen LogP contribution in [0.4, 0.5) is 0 Å². The maximum absolute atomic E-state index is 5.17. The zero-order valence-corrected chi connectivity index (χ0v) is 28.4. The Morgan fingerprint density at radius 3 is 1.83 bits per heavy atom. The number of hydrogen-bond donors (Lipinski definition) is 0. The Morgan fingerprint density at radius 2 is 1.08 bits per heavy atom. The first kappa shape index (κ1) is 29.3. The molecule has 6 aromatic rings. The van der Waals surface area contributed by atoms with Gasteiger partial charge in [0.05, 0.1) is 11.4 Å². The Hall–Kier alpha value is -4.90. The summed E-state index contributed by atoms with van der Waals surface area (Å²) >= 11 is 3.79. The van der Waals surface area contributed by atoms with Gasteiger partial charge in [0.15, 0.2) is 5.84 Å². The van der Waals surface area contributed by atoms with E-state index in [0.717, 1.165) is 33.9 Å². The molecule has 0 bridgehead atoms. The standard InChI is InChI=1S/C44H32N2S2/c1-44(2)35-25-31(20-21-33(35)34-26-41-42(27-36(34)44)48-40-19-10-9-18-39(40)47-41)30-16-11-17-32(24-30)38-23-22-37(28-12-5-3-6-13-28)45-43(46-38)29-14-7-4-8-15-29/h3-21,23-27H,22H2,1-2H3. The lowest BCUT2D eigenvalue weighted by molar-refractivity contribution is 0.658. The summed E-state index contributed by atoms with van der Waals surface area (Å²) in [5, 5.41) is 0. The van der Waals surface area contributed by atoms with Crippen molar-refractivity contribution in [2.24, 2.45) is 9.98 Å². The zero-order valence-electron chi connectivity index (χ0n) is 26.8. The number of rotatable bonds is 4. The average Bonchev–Trinajstić information content (AvgIpc) is 3.26. The zero-order chi connectivity index (χ0) is 32.2. The molecule has 230 valence electrons. The number of nitrogens with zero attached hydrogens (tertiary/aromatic N) is 2. The number of allylic oxidation sites excluding steroid dienone is 1. The summed E-state index contributed by atoms with van der Waals surface area (Å²) in [4.78, 5) is 15.7. The van der Waals surface area contributed by atoms with Crippen LogP contribution in [0, 0.1) is 0 Å². The summed E-state index contributed by atoms with van der Waals surface area (Å²) in [6.07, 6.45) is 2.93. The highest BCUT2D eigenvalue weighted by atomic mass is 32.2. The van der Waals surface area contributed by atoms with Crippen molar-refractivity contribution in [2.75, 3.05) is 0 Å². The average molecular weight is 653 g/mol. The quantitative estimate of drug-likeness (QED) is 0.189. The van der Waals surface area contributed by atoms with Crippen LogP contribution < -0.4 is 0 Å². The third-order valence-corrected chi connectivity index (χ3v) is 12.1. The molecule has 0 amide bonds. The van der Waals surface area contributed by atoms with Crippen LogP contribution in [0.25, 0.3) is 28.0 Å². The Morgan fingerprint density at radius 1 is 0.479 bits per heavy atom. The molecular weight excluding hydrogens is 621 g/mol. The summed E-state index contributed by atoms with van der Waals surface area (Å²) in [5.74, 6) is 0.739. The Bertz CT molecular complexity index is 2330. The fourth-order valence-corrected chi connectivity index (χ4v) is 9.33. The first-order valence-corrected chi connectivity index (χ1v) is 18.0. The normalized spacial score (nSPS) is 15.6. The van der Waals surface area contributed by atoms with Gasteiger partial charge in [-0.3, -0.25) is 0 Å². The van der Waals surface area contributed by atoms with E-state index >= 15 is 0 Å². The molecule has 0 saturated carbocycles. The van der Waals surface area contributed by atoms with Gasteiger partial charge in [0.1, 0.15) is 0 Å². The highest BCUT2D eigenvalue weighted by Gasteiger charge is 2.37. The molecule has 6 aromatic carbocycles. The second-order valence-electron chi connectivity index (χ2n) is 13.0. The van der Waals surface area contributed by atoms with Crippen LogP contribution in [-0.2, 0) is 5.41 Å². The maximum atomic E-state index is 5.17. The summed E-state index contributed by atoms with van der Waals surface area (Å²) in [7, 11) is 0. The third kappa shape index (κ3) is 5.08. The second kappa shape index (κ2) is 11.7. The Kier molecular flexibility index (Phi) is 7.11. The van der Waals surface area contributed by atoms with Crippen LogP contribution in [0.3, 0.4) is 0 Å². The molecule has 0 N–H and O–H groups in total. The maximum Gasteiger partial charge on any atom is 0.160 e. The first-order chi connectivity index (χ1) is 23.5. The summed E-state index contributed by atoms with van der Waals surface area (Å²) in [6, 6.07) is 50.2. The van der Waals surface area contributed by atoms with Gasteiger partial charge in [-0.15, -0.1) is 0 Å². The van der Waals surface area contributed by atoms with Gasteiger partial charge in [-0.1, -0.05) is 147 Å². The van der Waals surface area contributed by atoms with E-state index in [-0.39, 0.29) is 5.41 Å². The smallest absolute Gasteiger partial charge is 0.160 e. The molecule has 9 rings (SSSR count). The molecule has 1 aliphatic carbocycles. The molecule has 48 heavy (non-hydrogen) atoms. The van der Waals surface area contributed by atoms with Crippen LogP contribution in [-0.4, -0.2) is 11.5 Å². The van der Waals surface area contributed by atoms with E-state index in [1.165, 1.54) is 53.0 Å². The van der Waals surface area contributed by atoms with Crippen molar-refractivity contribution in [3.05, 3.63) is 173 Å². The van der Waals surface area contributed by atoms with Gasteiger partial charge >= 0.3 is 0 Å². The van der Waals surface area contributed by atoms with Crippen LogP contribution in [0.2, 0.25) is 0 Å². The highest BCUT2D eigenvalue weighted by molar-refractivity contribution is 8.05. The molecule has 3 aliphatic rings. The van der Waals surface area contributed by atoms with Gasteiger partial charge in [-0.2, -0.15) is 0 Å². The molecule has 0 fully saturated rings. The molecule has 0 unspecified atom stereocenters. The van der Waals surface area contributed by atoms with Crippen molar-refractivity contribution in [3.8, 4) is 22.3 Å². The van der Waals surface area contributed by atoms with E-state index < -0.39 is 0 Å². The third-order valence-electron chi connectivity index (χ3n) is 9.62. The van der Waals surface area contributed by atoms with Crippen LogP contribution >= 0.6 is 23.5 Å². The molecular formula is C44H32N2S2. The summed E-state index contributed by atoms with van der Waals surface area (Å²) in [5.41, 5.74) is 13.0. The molecule has 4 heteroatoms. The minimum atomic E-state index is -0.0978. The monoisotopic (exact) mass is 652 g/mol. The Balaban J connectivity index is 1.08. The minimum absolute atomic E-state index is 0.0978. The van der Waals surface area contributed by atoms with E-state index in [1.54, 1.807) is 0 Å². The first-order valence-electron chi connectivity index (χ1n) is 16.4. The van der Waals surface area contributed by atoms with E-state index in [4.69, 9.17) is 9.98 Å². The Labute approximate surface area is 290 Å². The second-order valence-corrected chi connectivity index (χ2v) is 15.1. The van der Waals surface area contributed by atoms with Gasteiger partial charge in [0.2, 0.25) is 0 Å². The number of fused-ring (bicyclic) bond motifs is 5. The van der Waals surface area contributed by atoms with Crippen molar-refractivity contribution in [2.45, 2.75) is 45.3 Å². The lowest BCUT2D eigenvalue weighted by Gasteiger charge is -2.24. The summed E-state index contributed by atoms with van der Waals surface area (Å²) < 4.78 is 0. The van der Waals surface area contributed by atoms with Gasteiger partial charge in [0, 0.05) is 42.5 Å². The molecule has 2 nitrogen and oxygen atoms in total. The molecule has 0 saturated heterocycles. The highest BCUT2D eigenvalue weighted by Crippen LogP contribution is 2.56. The topological polar surface area (TPSA) is 24.7 Å². The van der Waals surface area contributed by atoms with Crippen LogP contribution in [0.15, 0.2) is 175 Å². The summed E-state index contributed by atoms with van der Waals surface area (Å²) in [6.45, 7) is 4.75. The van der Waals surface area contributed by atoms with E-state index in [9.17, 15) is 0 Å². The molecule has 0 atom stereocenters. The van der Waals surface area contributed by atoms with Crippen molar-refractivity contribution >= 4 is 40.8 Å². The largest absolute Gasteiger partial charge is 0.232 e. The fraction of sp³-hybridized carbons (Fsp3) is 0.0909. The van der Waals surface area contributed by atoms with Crippen molar-refractivity contribution in [1.29, 1.82) is 0 Å². The molecule has 2 aliphatic heterocycles. The van der Waals surface area contributed by atoms with Gasteiger partial charge in [0.25, 0.3) is 0 Å². The van der Waals surface area contributed by atoms with E-state index in [2.05, 4.69) is 135 Å². The molecule has 0 radical (unpaired) electrons. The van der Waals surface area contributed by atoms with Crippen molar-refractivity contribution in [1.82, 2.24) is 0 Å². The SMILES string of the molecule is CC1(C)c2cc(-c3cccc(C4=CCC(c5ccccc5)=NC(c5ccccc5)=N4)c3)ccc2-c2cc3c(cc21)Sc1ccccc1S3. The van der Waals surface area contributed by atoms with Crippen molar-refractivity contribution < 1.29 is 0 Å². The van der Waals surface area contributed by atoms with Crippen LogP contribution in [0.5, 0.6) is 0 Å². The van der Waals surface area contributed by atoms with Gasteiger partial charge in [-0.25, -0.2) is 9.98 Å². The fourth-order valence-electron chi connectivity index (χ4n) is 7.06. The lowest BCUT2D eigenvalue weighted by atomic mass is 9.81. The van der Waals surface area contributed by atoms with E-state index in [1.807, 2.05) is 47.8 Å². The van der Waals surface area contributed by atoms with Gasteiger partial charge < -0.3 is 0 Å². The van der Waals surface area contributed by atoms with E-state index in [0.29, 0.717) is 6.42 Å². The van der Waals surface area contributed by atoms with Crippen molar-refractivity contribution in [3.63, 3.8) is 0 Å². The molecule has 0 aromatic heterocycles. The predicted octanol–water partition coefficient (Wildman–Crippen LogP) is 12.0.